The molecule has 0 radical (unpaired) electrons. The summed E-state index contributed by atoms with van der Waals surface area (Å²) in [6.45, 7) is 23.3. The second kappa shape index (κ2) is 23.3. The number of benzene rings is 4. The molecule has 2 aliphatic heterocycles. The summed E-state index contributed by atoms with van der Waals surface area (Å²) in [7, 11) is -2.57. The Kier molecular flexibility index (Phi) is 16.8. The zero-order valence-electron chi connectivity index (χ0n) is 44.1. The minimum absolute atomic E-state index is 0.00775. The van der Waals surface area contributed by atoms with E-state index < -0.39 is 22.4 Å². The second-order valence-corrected chi connectivity index (χ2v) is 34.5. The highest BCUT2D eigenvalue weighted by atomic mass is 32.1. The Labute approximate surface area is 444 Å². The highest BCUT2D eigenvalue weighted by molar-refractivity contribution is 7.14. The number of rotatable bonds is 18. The zero-order valence-corrected chi connectivity index (χ0v) is 47.7. The van der Waals surface area contributed by atoms with E-state index in [0.717, 1.165) is 42.8 Å². The van der Waals surface area contributed by atoms with E-state index in [1.807, 2.05) is 74.5 Å². The van der Waals surface area contributed by atoms with Gasteiger partial charge in [-0.15, -0.1) is 0 Å². The standard InChI is InChI=1S/C33H49N3O7SSi2.C21H18N4O3S/c1-9-41-28(42-10-2)21-36-32(37)25-14-11-13-24(31(25)44-36)29-33(38)35(22-39-17-19-45(3,4)5)26-15-12-16-27(30(26)34-29)43-23-40-18-20-46(6,7)8;26-20-17-13-3-1-4-14-19(13)29-25(21(14)27)10-9-24-8-7-12(11-24)28-16-6-2-5-15(22-20)18(16)23-17/h11-16,28H,9-10,17-23H2,1-8H3;1-6,12H,7-11H2,(H,22,26). The van der Waals surface area contributed by atoms with Crippen LogP contribution >= 0.6 is 23.1 Å². The summed E-state index contributed by atoms with van der Waals surface area (Å²) < 4.78 is 42.2. The van der Waals surface area contributed by atoms with Gasteiger partial charge in [0, 0.05) is 79.9 Å². The fraction of sp³-hybridized carbons (Fsp3) is 0.444. The molecule has 75 heavy (non-hydrogen) atoms. The predicted molar refractivity (Wildman–Crippen MR) is 305 cm³/mol. The summed E-state index contributed by atoms with van der Waals surface area (Å²) in [6, 6.07) is 24.0. The molecule has 0 saturated carbocycles. The largest absolute Gasteiger partial charge is 0.487 e. The lowest BCUT2D eigenvalue weighted by Crippen LogP contribution is -2.29. The molecule has 6 bridgehead atoms. The van der Waals surface area contributed by atoms with Gasteiger partial charge in [-0.2, -0.15) is 0 Å². The van der Waals surface area contributed by atoms with Crippen molar-refractivity contribution < 1.29 is 28.4 Å². The SMILES string of the molecule is CCOC(Cn1sc2c(-c3nc4c(OCOCC[Si](C)(C)C)cccc4n(COCC[Si](C)(C)C)c3=O)cccc2c1=O)OCC.O=c1[nH]c2cccc3c2nc1-c1cccc2c(=O)n(sc12)CCN1CCC(C1)O3. The first-order valence-electron chi connectivity index (χ1n) is 25.7. The van der Waals surface area contributed by atoms with Crippen molar-refractivity contribution in [2.75, 3.05) is 52.9 Å². The van der Waals surface area contributed by atoms with Crippen LogP contribution in [-0.4, -0.2) is 114 Å². The van der Waals surface area contributed by atoms with Gasteiger partial charge in [0.2, 0.25) is 0 Å². The highest BCUT2D eigenvalue weighted by Crippen LogP contribution is 2.34. The van der Waals surface area contributed by atoms with Crippen LogP contribution in [0.2, 0.25) is 51.4 Å². The molecule has 1 N–H and O–H groups in total. The van der Waals surface area contributed by atoms with Crippen LogP contribution in [0.4, 0.5) is 0 Å². The molecular formula is C54H67N7O10S2Si2. The maximum Gasteiger partial charge on any atom is 0.279 e. The number of aromatic nitrogens is 6. The van der Waals surface area contributed by atoms with Gasteiger partial charge >= 0.3 is 0 Å². The van der Waals surface area contributed by atoms with E-state index in [9.17, 15) is 19.2 Å². The van der Waals surface area contributed by atoms with Gasteiger partial charge in [-0.25, -0.2) is 9.97 Å². The van der Waals surface area contributed by atoms with E-state index >= 15 is 0 Å². The highest BCUT2D eigenvalue weighted by Gasteiger charge is 2.27. The summed E-state index contributed by atoms with van der Waals surface area (Å²) in [5, 5.41) is 1.14. The van der Waals surface area contributed by atoms with Gasteiger partial charge in [0.25, 0.3) is 22.2 Å². The topological polar surface area (TPSA) is 183 Å². The minimum Gasteiger partial charge on any atom is -0.487 e. The van der Waals surface area contributed by atoms with Gasteiger partial charge in [-0.05, 0) is 68.8 Å². The molecule has 1 saturated heterocycles. The van der Waals surface area contributed by atoms with Crippen LogP contribution in [0.25, 0.3) is 64.8 Å². The normalized spacial score (nSPS) is 15.8. The smallest absolute Gasteiger partial charge is 0.279 e. The van der Waals surface area contributed by atoms with Crippen LogP contribution in [0, 0.1) is 0 Å². The number of para-hydroxylation sites is 2. The van der Waals surface area contributed by atoms with Gasteiger partial charge in [0.1, 0.15) is 46.8 Å². The first-order chi connectivity index (χ1) is 36.0. The summed E-state index contributed by atoms with van der Waals surface area (Å²) in [6.07, 6.45) is 0.441. The van der Waals surface area contributed by atoms with Crippen molar-refractivity contribution >= 4 is 81.5 Å². The molecule has 0 amide bonds. The third-order valence-corrected chi connectivity index (χ3v) is 18.9. The van der Waals surface area contributed by atoms with Crippen LogP contribution in [0.3, 0.4) is 0 Å². The maximum absolute atomic E-state index is 14.2. The minimum atomic E-state index is -1.33. The monoisotopic (exact) mass is 1090 g/mol. The lowest BCUT2D eigenvalue weighted by atomic mass is 10.1. The van der Waals surface area contributed by atoms with Crippen molar-refractivity contribution in [2.24, 2.45) is 0 Å². The molecule has 17 nitrogen and oxygen atoms in total. The fourth-order valence-electron chi connectivity index (χ4n) is 9.08. The average Bonchev–Trinajstić information content (AvgIpc) is 4.06. The number of H-pyrrole nitrogens is 1. The maximum atomic E-state index is 14.2. The first-order valence-corrected chi connectivity index (χ1v) is 34.7. The van der Waals surface area contributed by atoms with Gasteiger partial charge < -0.3 is 33.4 Å². The molecule has 4 aromatic carbocycles. The van der Waals surface area contributed by atoms with E-state index in [1.165, 1.54) is 23.1 Å². The molecule has 21 heteroatoms. The number of ether oxygens (including phenoxy) is 6. The number of fused-ring (bicyclic) bond motifs is 7. The summed E-state index contributed by atoms with van der Waals surface area (Å²) in [5.41, 5.74) is 3.48. The number of aromatic amines is 1. The van der Waals surface area contributed by atoms with Crippen molar-refractivity contribution in [3.8, 4) is 34.0 Å². The third-order valence-electron chi connectivity index (χ3n) is 13.2. The van der Waals surface area contributed by atoms with E-state index in [2.05, 4.69) is 49.2 Å². The van der Waals surface area contributed by atoms with Crippen molar-refractivity contribution in [3.05, 3.63) is 114 Å². The van der Waals surface area contributed by atoms with E-state index in [-0.39, 0.29) is 54.1 Å². The van der Waals surface area contributed by atoms with E-state index in [4.69, 9.17) is 38.4 Å². The average molecular weight is 1090 g/mol. The predicted octanol–water partition coefficient (Wildman–Crippen LogP) is 9.28. The lowest BCUT2D eigenvalue weighted by Gasteiger charge is -2.18. The third kappa shape index (κ3) is 12.5. The van der Waals surface area contributed by atoms with E-state index in [1.54, 1.807) is 24.6 Å². The molecule has 2 aliphatic rings. The molecule has 10 rings (SSSR count). The molecule has 1 fully saturated rings. The van der Waals surface area contributed by atoms with Gasteiger partial charge in [-0.3, -0.25) is 36.6 Å². The van der Waals surface area contributed by atoms with Crippen molar-refractivity contribution in [1.82, 2.24) is 32.3 Å². The Morgan fingerprint density at radius 3 is 2.09 bits per heavy atom. The molecule has 2 unspecified atom stereocenters. The summed E-state index contributed by atoms with van der Waals surface area (Å²) in [4.78, 5) is 68.4. The zero-order chi connectivity index (χ0) is 53.0. The fourth-order valence-corrected chi connectivity index (χ4v) is 12.8. The number of nitrogens with one attached hydrogen (secondary N) is 1. The molecule has 6 heterocycles. The van der Waals surface area contributed by atoms with Gasteiger partial charge in [0.05, 0.1) is 37.8 Å². The Morgan fingerprint density at radius 1 is 0.720 bits per heavy atom. The number of hydrogen-bond donors (Lipinski definition) is 1. The molecular weight excluding hydrogens is 1030 g/mol. The van der Waals surface area contributed by atoms with Gasteiger partial charge in [0.15, 0.2) is 13.1 Å². The molecule has 0 aliphatic carbocycles. The molecule has 398 valence electrons. The van der Waals surface area contributed by atoms with Crippen LogP contribution in [-0.2, 0) is 38.8 Å². The van der Waals surface area contributed by atoms with E-state index in [0.29, 0.717) is 98.8 Å². The Bertz CT molecular complexity index is 3570. The van der Waals surface area contributed by atoms with Crippen molar-refractivity contribution in [3.63, 3.8) is 0 Å². The molecule has 2 atom stereocenters. The number of hydrogen-bond acceptors (Lipinski definition) is 15. The lowest BCUT2D eigenvalue weighted by molar-refractivity contribution is -0.142. The van der Waals surface area contributed by atoms with Crippen LogP contribution in [0.15, 0.2) is 92.0 Å². The van der Waals surface area contributed by atoms with Crippen molar-refractivity contribution in [2.45, 2.75) is 104 Å². The summed E-state index contributed by atoms with van der Waals surface area (Å²) >= 11 is 2.69. The molecule has 0 spiro atoms. The molecule has 8 aromatic rings. The van der Waals surface area contributed by atoms with Crippen LogP contribution in [0.5, 0.6) is 11.5 Å². The Hall–Kier alpha value is -5.63. The van der Waals surface area contributed by atoms with Crippen LogP contribution < -0.4 is 31.7 Å². The Morgan fingerprint density at radius 2 is 1.37 bits per heavy atom. The first kappa shape index (κ1) is 54.2. The Balaban J connectivity index is 0.000000202. The second-order valence-electron chi connectivity index (χ2n) is 21.2. The van der Waals surface area contributed by atoms with Crippen molar-refractivity contribution in [1.29, 1.82) is 0 Å². The number of nitrogens with zero attached hydrogens (tertiary/aromatic N) is 6. The summed E-state index contributed by atoms with van der Waals surface area (Å²) in [5.74, 6) is 1.19. The molecule has 4 aromatic heterocycles. The van der Waals surface area contributed by atoms with Gasteiger partial charge in [-0.1, -0.05) is 98.7 Å². The quantitative estimate of drug-likeness (QED) is 0.0488. The van der Waals surface area contributed by atoms with Crippen LogP contribution in [0.1, 0.15) is 20.3 Å².